The van der Waals surface area contributed by atoms with Gasteiger partial charge in [-0.05, 0) is 48.2 Å². The third-order valence-electron chi connectivity index (χ3n) is 4.06. The van der Waals surface area contributed by atoms with E-state index in [0.717, 1.165) is 5.56 Å². The first-order valence-electron chi connectivity index (χ1n) is 8.67. The minimum atomic E-state index is -0.496. The van der Waals surface area contributed by atoms with Crippen molar-refractivity contribution in [1.82, 2.24) is 0 Å². The summed E-state index contributed by atoms with van der Waals surface area (Å²) in [5, 5.41) is 12.9. The normalized spacial score (nSPS) is 11.0. The first-order valence-corrected chi connectivity index (χ1v) is 8.67. The number of aromatic hydroxyl groups is 1. The molecule has 0 bridgehead atoms. The van der Waals surface area contributed by atoms with Gasteiger partial charge in [0.2, 0.25) is 0 Å². The monoisotopic (exact) mass is 371 g/mol. The van der Waals surface area contributed by atoms with Gasteiger partial charge in [0.15, 0.2) is 0 Å². The van der Waals surface area contributed by atoms with E-state index < -0.39 is 11.9 Å². The highest BCUT2D eigenvalue weighted by Gasteiger charge is 2.20. The summed E-state index contributed by atoms with van der Waals surface area (Å²) in [7, 11) is 1.29. The molecule has 0 aliphatic carbocycles. The van der Waals surface area contributed by atoms with Gasteiger partial charge in [-0.1, -0.05) is 26.8 Å². The topological polar surface area (TPSA) is 84.9 Å². The Hall–Kier alpha value is -3.02. The molecule has 0 saturated carbocycles. The van der Waals surface area contributed by atoms with Crippen LogP contribution in [0.25, 0.3) is 0 Å². The van der Waals surface area contributed by atoms with Gasteiger partial charge >= 0.3 is 5.97 Å². The zero-order valence-electron chi connectivity index (χ0n) is 16.3. The molecule has 27 heavy (non-hydrogen) atoms. The second-order valence-electron chi connectivity index (χ2n) is 7.07. The standard InChI is InChI=1S/C21H25NO5/c1-6-27-18-11-13(20(25)26-5)7-9-16(18)22-19(24)15-12-14(21(2,3)4)8-10-17(15)23/h7-12,23H,6H2,1-5H3,(H,22,24). The Balaban J connectivity index is 2.36. The zero-order chi connectivity index (χ0) is 20.2. The lowest BCUT2D eigenvalue weighted by atomic mass is 9.86. The number of carbonyl (C=O) groups is 2. The van der Waals surface area contributed by atoms with Gasteiger partial charge in [0.1, 0.15) is 11.5 Å². The number of phenolic OH excluding ortho intramolecular Hbond substituents is 1. The van der Waals surface area contributed by atoms with Gasteiger partial charge in [-0.3, -0.25) is 4.79 Å². The Kier molecular flexibility index (Phi) is 6.10. The second kappa shape index (κ2) is 8.12. The fourth-order valence-electron chi connectivity index (χ4n) is 2.52. The molecule has 0 atom stereocenters. The molecule has 0 aromatic heterocycles. The lowest BCUT2D eigenvalue weighted by Gasteiger charge is -2.20. The lowest BCUT2D eigenvalue weighted by Crippen LogP contribution is -2.16. The number of benzene rings is 2. The minimum absolute atomic E-state index is 0.107. The molecule has 0 saturated heterocycles. The number of esters is 1. The number of ether oxygens (including phenoxy) is 2. The molecule has 6 nitrogen and oxygen atoms in total. The molecule has 0 radical (unpaired) electrons. The first-order chi connectivity index (χ1) is 12.7. The number of amides is 1. The van der Waals surface area contributed by atoms with Crippen molar-refractivity contribution in [2.24, 2.45) is 0 Å². The summed E-state index contributed by atoms with van der Waals surface area (Å²) in [6.07, 6.45) is 0. The molecular weight excluding hydrogens is 346 g/mol. The number of phenols is 1. The van der Waals surface area contributed by atoms with E-state index >= 15 is 0 Å². The van der Waals surface area contributed by atoms with E-state index in [2.05, 4.69) is 5.32 Å². The van der Waals surface area contributed by atoms with Crippen LogP contribution < -0.4 is 10.1 Å². The molecule has 2 aromatic rings. The molecule has 0 unspecified atom stereocenters. The van der Waals surface area contributed by atoms with E-state index in [0.29, 0.717) is 23.6 Å². The minimum Gasteiger partial charge on any atom is -0.507 e. The van der Waals surface area contributed by atoms with Crippen molar-refractivity contribution in [2.75, 3.05) is 19.0 Å². The average molecular weight is 371 g/mol. The van der Waals surface area contributed by atoms with Crippen LogP contribution in [0.15, 0.2) is 36.4 Å². The van der Waals surface area contributed by atoms with Crippen LogP contribution in [0.2, 0.25) is 0 Å². The maximum Gasteiger partial charge on any atom is 0.337 e. The van der Waals surface area contributed by atoms with Crippen molar-refractivity contribution in [3.8, 4) is 11.5 Å². The molecule has 2 rings (SSSR count). The lowest BCUT2D eigenvalue weighted by molar-refractivity contribution is 0.0600. The van der Waals surface area contributed by atoms with Crippen LogP contribution in [0.5, 0.6) is 11.5 Å². The van der Waals surface area contributed by atoms with Crippen LogP contribution in [0.4, 0.5) is 5.69 Å². The third-order valence-corrected chi connectivity index (χ3v) is 4.06. The number of anilines is 1. The maximum absolute atomic E-state index is 12.7. The Labute approximate surface area is 159 Å². The van der Waals surface area contributed by atoms with Gasteiger partial charge in [0, 0.05) is 0 Å². The quantitative estimate of drug-likeness (QED) is 0.772. The average Bonchev–Trinajstić information content (AvgIpc) is 2.61. The number of nitrogens with one attached hydrogen (secondary N) is 1. The fourth-order valence-corrected chi connectivity index (χ4v) is 2.52. The van der Waals surface area contributed by atoms with Crippen molar-refractivity contribution in [1.29, 1.82) is 0 Å². The number of carbonyl (C=O) groups excluding carboxylic acids is 2. The predicted molar refractivity (Wildman–Crippen MR) is 104 cm³/mol. The van der Waals surface area contributed by atoms with Crippen molar-refractivity contribution in [3.05, 3.63) is 53.1 Å². The molecule has 2 aromatic carbocycles. The number of methoxy groups -OCH3 is 1. The number of hydrogen-bond acceptors (Lipinski definition) is 5. The largest absolute Gasteiger partial charge is 0.507 e. The van der Waals surface area contributed by atoms with E-state index in [9.17, 15) is 14.7 Å². The highest BCUT2D eigenvalue weighted by Crippen LogP contribution is 2.30. The SMILES string of the molecule is CCOc1cc(C(=O)OC)ccc1NC(=O)c1cc(C(C)(C)C)ccc1O. The second-order valence-corrected chi connectivity index (χ2v) is 7.07. The van der Waals surface area contributed by atoms with Gasteiger partial charge < -0.3 is 19.9 Å². The molecule has 0 aliphatic heterocycles. The molecule has 0 spiro atoms. The number of hydrogen-bond donors (Lipinski definition) is 2. The number of rotatable bonds is 5. The summed E-state index contributed by atoms with van der Waals surface area (Å²) in [5.41, 5.74) is 1.64. The smallest absolute Gasteiger partial charge is 0.337 e. The van der Waals surface area contributed by atoms with Crippen LogP contribution >= 0.6 is 0 Å². The Morgan fingerprint density at radius 2 is 1.81 bits per heavy atom. The Bertz CT molecular complexity index is 852. The van der Waals surface area contributed by atoms with Crippen molar-refractivity contribution >= 4 is 17.6 Å². The molecule has 1 amide bonds. The molecule has 0 heterocycles. The van der Waals surface area contributed by atoms with Crippen LogP contribution in [0.1, 0.15) is 54.0 Å². The highest BCUT2D eigenvalue weighted by atomic mass is 16.5. The summed E-state index contributed by atoms with van der Waals surface area (Å²) >= 11 is 0. The summed E-state index contributed by atoms with van der Waals surface area (Å²) in [5.74, 6) is -0.723. The Morgan fingerprint density at radius 1 is 1.11 bits per heavy atom. The molecule has 2 N–H and O–H groups in total. The summed E-state index contributed by atoms with van der Waals surface area (Å²) in [6, 6.07) is 9.60. The maximum atomic E-state index is 12.7. The van der Waals surface area contributed by atoms with Crippen LogP contribution in [-0.2, 0) is 10.2 Å². The molecular formula is C21H25NO5. The van der Waals surface area contributed by atoms with E-state index in [1.807, 2.05) is 20.8 Å². The van der Waals surface area contributed by atoms with Gasteiger partial charge in [0.05, 0.1) is 30.5 Å². The van der Waals surface area contributed by atoms with E-state index in [4.69, 9.17) is 9.47 Å². The highest BCUT2D eigenvalue weighted by molar-refractivity contribution is 6.07. The van der Waals surface area contributed by atoms with Crippen LogP contribution in [-0.4, -0.2) is 30.7 Å². The summed E-state index contributed by atoms with van der Waals surface area (Å²) in [6.45, 7) is 8.24. The van der Waals surface area contributed by atoms with E-state index in [1.54, 1.807) is 25.1 Å². The van der Waals surface area contributed by atoms with Crippen molar-refractivity contribution in [2.45, 2.75) is 33.1 Å². The van der Waals surface area contributed by atoms with Crippen LogP contribution in [0.3, 0.4) is 0 Å². The van der Waals surface area contributed by atoms with E-state index in [1.165, 1.54) is 25.3 Å². The first kappa shape index (κ1) is 20.3. The van der Waals surface area contributed by atoms with Crippen molar-refractivity contribution in [3.63, 3.8) is 0 Å². The third kappa shape index (κ3) is 4.78. The van der Waals surface area contributed by atoms with Gasteiger partial charge in [0.25, 0.3) is 5.91 Å². The van der Waals surface area contributed by atoms with Crippen LogP contribution in [0, 0.1) is 0 Å². The Morgan fingerprint density at radius 3 is 2.41 bits per heavy atom. The summed E-state index contributed by atoms with van der Waals surface area (Å²) < 4.78 is 10.2. The molecule has 6 heteroatoms. The van der Waals surface area contributed by atoms with E-state index in [-0.39, 0.29) is 16.7 Å². The fraction of sp³-hybridized carbons (Fsp3) is 0.333. The van der Waals surface area contributed by atoms with Crippen molar-refractivity contribution < 1.29 is 24.2 Å². The predicted octanol–water partition coefficient (Wildman–Crippen LogP) is 4.13. The zero-order valence-corrected chi connectivity index (χ0v) is 16.3. The molecule has 0 aliphatic rings. The molecule has 0 fully saturated rings. The molecule has 144 valence electrons. The summed E-state index contributed by atoms with van der Waals surface area (Å²) in [4.78, 5) is 24.4. The van der Waals surface area contributed by atoms with Gasteiger partial charge in [-0.25, -0.2) is 4.79 Å². The van der Waals surface area contributed by atoms with Gasteiger partial charge in [-0.15, -0.1) is 0 Å². The van der Waals surface area contributed by atoms with Gasteiger partial charge in [-0.2, -0.15) is 0 Å².